The van der Waals surface area contributed by atoms with Gasteiger partial charge in [0.2, 0.25) is 0 Å². The topological polar surface area (TPSA) is 38.0 Å². The molecule has 1 saturated carbocycles. The molecule has 2 unspecified atom stereocenters. The molecule has 1 aliphatic heterocycles. The number of allylic oxidation sites excluding steroid dienone is 1. The van der Waals surface area contributed by atoms with E-state index in [1.54, 1.807) is 0 Å². The molecule has 0 aromatic heterocycles. The summed E-state index contributed by atoms with van der Waals surface area (Å²) >= 11 is 3.46. The van der Waals surface area contributed by atoms with Crippen LogP contribution in [0.5, 0.6) is 0 Å². The van der Waals surface area contributed by atoms with E-state index in [0.29, 0.717) is 5.41 Å². The monoisotopic (exact) mass is 314 g/mol. The van der Waals surface area contributed by atoms with E-state index in [2.05, 4.69) is 34.2 Å². The second kappa shape index (κ2) is 6.42. The molecule has 0 bridgehead atoms. The minimum atomic E-state index is 0.355. The molecule has 104 valence electrons. The molecule has 1 heterocycles. The number of rotatable bonds is 3. The SMILES string of the molecule is CC1CCCCC1(/C=C(\N)Br)CC1CCNCC1. The minimum Gasteiger partial charge on any atom is -0.393 e. The van der Waals surface area contributed by atoms with Gasteiger partial charge in [-0.2, -0.15) is 0 Å². The largest absolute Gasteiger partial charge is 0.393 e. The van der Waals surface area contributed by atoms with Crippen LogP contribution < -0.4 is 11.1 Å². The van der Waals surface area contributed by atoms with E-state index in [9.17, 15) is 0 Å². The molecule has 1 aliphatic carbocycles. The fourth-order valence-corrected chi connectivity index (χ4v) is 4.37. The quantitative estimate of drug-likeness (QED) is 0.778. The smallest absolute Gasteiger partial charge is 0.0719 e. The van der Waals surface area contributed by atoms with Crippen LogP contribution in [0.25, 0.3) is 0 Å². The molecule has 0 aromatic carbocycles. The van der Waals surface area contributed by atoms with Crippen molar-refractivity contribution >= 4 is 15.9 Å². The lowest BCUT2D eigenvalue weighted by Crippen LogP contribution is -2.36. The van der Waals surface area contributed by atoms with Gasteiger partial charge in [-0.05, 0) is 84.5 Å². The van der Waals surface area contributed by atoms with Gasteiger partial charge in [-0.1, -0.05) is 19.8 Å². The summed E-state index contributed by atoms with van der Waals surface area (Å²) in [5, 5.41) is 3.47. The average molecular weight is 315 g/mol. The van der Waals surface area contributed by atoms with Crippen LogP contribution in [0.4, 0.5) is 0 Å². The molecule has 0 aromatic rings. The van der Waals surface area contributed by atoms with Crippen LogP contribution in [0.1, 0.15) is 51.9 Å². The Morgan fingerprint density at radius 3 is 2.67 bits per heavy atom. The summed E-state index contributed by atoms with van der Waals surface area (Å²) in [5.41, 5.74) is 6.30. The van der Waals surface area contributed by atoms with Crippen LogP contribution in [0.2, 0.25) is 0 Å². The Labute approximate surface area is 120 Å². The van der Waals surface area contributed by atoms with Crippen molar-refractivity contribution in [2.45, 2.75) is 51.9 Å². The van der Waals surface area contributed by atoms with Gasteiger partial charge >= 0.3 is 0 Å². The van der Waals surface area contributed by atoms with Crippen molar-refractivity contribution in [3.8, 4) is 0 Å². The highest BCUT2D eigenvalue weighted by atomic mass is 79.9. The molecule has 2 aliphatic rings. The zero-order valence-electron chi connectivity index (χ0n) is 11.6. The van der Waals surface area contributed by atoms with Gasteiger partial charge in [0.1, 0.15) is 0 Å². The maximum Gasteiger partial charge on any atom is 0.0719 e. The van der Waals surface area contributed by atoms with Gasteiger partial charge in [-0.3, -0.25) is 0 Å². The van der Waals surface area contributed by atoms with Crippen LogP contribution in [-0.4, -0.2) is 13.1 Å². The summed E-state index contributed by atoms with van der Waals surface area (Å²) in [6, 6.07) is 0. The van der Waals surface area contributed by atoms with Crippen molar-refractivity contribution < 1.29 is 0 Å². The van der Waals surface area contributed by atoms with Crippen molar-refractivity contribution in [3.05, 3.63) is 10.7 Å². The molecule has 0 amide bonds. The van der Waals surface area contributed by atoms with E-state index in [1.807, 2.05) is 0 Å². The van der Waals surface area contributed by atoms with Gasteiger partial charge in [-0.25, -0.2) is 0 Å². The third-order valence-corrected chi connectivity index (χ3v) is 5.29. The van der Waals surface area contributed by atoms with Gasteiger partial charge in [0.05, 0.1) is 4.61 Å². The van der Waals surface area contributed by atoms with Gasteiger partial charge in [-0.15, -0.1) is 0 Å². The van der Waals surface area contributed by atoms with Gasteiger partial charge in [0.15, 0.2) is 0 Å². The molecule has 2 atom stereocenters. The van der Waals surface area contributed by atoms with Crippen LogP contribution in [0, 0.1) is 17.3 Å². The van der Waals surface area contributed by atoms with Crippen molar-refractivity contribution in [1.29, 1.82) is 0 Å². The Balaban J connectivity index is 2.10. The summed E-state index contributed by atoms with van der Waals surface area (Å²) in [6.07, 6.45) is 11.8. The Bertz CT molecular complexity index is 293. The van der Waals surface area contributed by atoms with Crippen molar-refractivity contribution in [3.63, 3.8) is 0 Å². The first-order valence-corrected chi connectivity index (χ1v) is 8.26. The lowest BCUT2D eigenvalue weighted by atomic mass is 9.62. The molecule has 2 rings (SSSR count). The maximum absolute atomic E-state index is 5.94. The fraction of sp³-hybridized carbons (Fsp3) is 0.867. The number of nitrogens with two attached hydrogens (primary N) is 1. The van der Waals surface area contributed by atoms with E-state index in [4.69, 9.17) is 5.73 Å². The average Bonchev–Trinajstić information content (AvgIpc) is 2.33. The Morgan fingerprint density at radius 1 is 1.33 bits per heavy atom. The molecule has 3 N–H and O–H groups in total. The molecular formula is C15H27BrN2. The van der Waals surface area contributed by atoms with Gasteiger partial charge in [0.25, 0.3) is 0 Å². The lowest BCUT2D eigenvalue weighted by molar-refractivity contribution is 0.116. The fourth-order valence-electron chi connectivity index (χ4n) is 3.91. The third-order valence-electron chi connectivity index (χ3n) is 5.06. The second-order valence-electron chi connectivity index (χ2n) is 6.31. The Kier molecular flexibility index (Phi) is 5.14. The van der Waals surface area contributed by atoms with Gasteiger partial charge < -0.3 is 11.1 Å². The first-order valence-electron chi connectivity index (χ1n) is 7.47. The maximum atomic E-state index is 5.94. The van der Waals surface area contributed by atoms with Crippen LogP contribution in [0.15, 0.2) is 10.7 Å². The molecule has 0 radical (unpaired) electrons. The highest BCUT2D eigenvalue weighted by molar-refractivity contribution is 9.11. The zero-order valence-corrected chi connectivity index (χ0v) is 13.1. The molecular weight excluding hydrogens is 288 g/mol. The lowest BCUT2D eigenvalue weighted by Gasteiger charge is -2.43. The van der Waals surface area contributed by atoms with Crippen molar-refractivity contribution in [2.24, 2.45) is 23.0 Å². The first kappa shape index (κ1) is 14.4. The number of hydrogen-bond donors (Lipinski definition) is 2. The first-order chi connectivity index (χ1) is 8.62. The predicted molar refractivity (Wildman–Crippen MR) is 81.5 cm³/mol. The highest BCUT2D eigenvalue weighted by Gasteiger charge is 2.38. The molecule has 2 nitrogen and oxygen atoms in total. The van der Waals surface area contributed by atoms with Crippen molar-refractivity contribution in [1.82, 2.24) is 5.32 Å². The number of halogens is 1. The van der Waals surface area contributed by atoms with E-state index < -0.39 is 0 Å². The molecule has 1 saturated heterocycles. The number of hydrogen-bond acceptors (Lipinski definition) is 2. The Morgan fingerprint density at radius 2 is 2.06 bits per heavy atom. The Hall–Kier alpha value is -0.0200. The van der Waals surface area contributed by atoms with Crippen molar-refractivity contribution in [2.75, 3.05) is 13.1 Å². The summed E-state index contributed by atoms with van der Waals surface area (Å²) in [4.78, 5) is 0. The number of nitrogens with one attached hydrogen (secondary N) is 1. The van der Waals surface area contributed by atoms with Crippen LogP contribution in [-0.2, 0) is 0 Å². The summed E-state index contributed by atoms with van der Waals surface area (Å²) in [6.45, 7) is 4.82. The number of piperidine rings is 1. The highest BCUT2D eigenvalue weighted by Crippen LogP contribution is 2.48. The summed E-state index contributed by atoms with van der Waals surface area (Å²) in [5.74, 6) is 1.66. The molecule has 18 heavy (non-hydrogen) atoms. The molecule has 0 spiro atoms. The van der Waals surface area contributed by atoms with Gasteiger partial charge in [0, 0.05) is 0 Å². The van der Waals surface area contributed by atoms with E-state index in [0.717, 1.165) is 16.4 Å². The van der Waals surface area contributed by atoms with Crippen LogP contribution in [0.3, 0.4) is 0 Å². The molecule has 3 heteroatoms. The van der Waals surface area contributed by atoms with Crippen LogP contribution >= 0.6 is 15.9 Å². The van der Waals surface area contributed by atoms with E-state index in [-0.39, 0.29) is 0 Å². The summed E-state index contributed by atoms with van der Waals surface area (Å²) in [7, 11) is 0. The second-order valence-corrected chi connectivity index (χ2v) is 7.22. The normalized spacial score (nSPS) is 35.7. The third kappa shape index (κ3) is 3.51. The standard InChI is InChI=1S/C15H27BrN2/c1-12-4-2-3-7-15(12,11-14(16)17)10-13-5-8-18-9-6-13/h11-13,18H,2-10,17H2,1H3/b14-11-. The van der Waals surface area contributed by atoms with E-state index >= 15 is 0 Å². The zero-order chi connectivity index (χ0) is 13.0. The predicted octanol–water partition coefficient (Wildman–Crippen LogP) is 3.77. The summed E-state index contributed by atoms with van der Waals surface area (Å²) < 4.78 is 0.838. The van der Waals surface area contributed by atoms with E-state index in [1.165, 1.54) is 58.0 Å². The minimum absolute atomic E-state index is 0.355. The molecule has 2 fully saturated rings.